The highest BCUT2D eigenvalue weighted by molar-refractivity contribution is 6.30. The molecule has 0 unspecified atom stereocenters. The molecular weight excluding hydrogens is 352 g/mol. The lowest BCUT2D eigenvalue weighted by Crippen LogP contribution is -2.35. The van der Waals surface area contributed by atoms with E-state index in [-0.39, 0.29) is 5.91 Å². The minimum absolute atomic E-state index is 0.0195. The van der Waals surface area contributed by atoms with Crippen LogP contribution in [0.3, 0.4) is 0 Å². The number of halogens is 1. The Hall–Kier alpha value is -1.92. The van der Waals surface area contributed by atoms with Crippen molar-refractivity contribution in [3.8, 4) is 11.4 Å². The fraction of sp³-hybridized carbons (Fsp3) is 0.526. The maximum Gasteiger partial charge on any atom is 0.227 e. The van der Waals surface area contributed by atoms with E-state index in [0.29, 0.717) is 36.1 Å². The van der Waals surface area contributed by atoms with Gasteiger partial charge in [-0.15, -0.1) is 0 Å². The Balaban J connectivity index is 1.38. The van der Waals surface area contributed by atoms with Gasteiger partial charge in [-0.1, -0.05) is 29.6 Å². The number of likely N-dealkylation sites (tertiary alicyclic amines) is 1. The van der Waals surface area contributed by atoms with Crippen LogP contribution in [0, 0.1) is 0 Å². The van der Waals surface area contributed by atoms with E-state index >= 15 is 0 Å². The van der Waals surface area contributed by atoms with Crippen molar-refractivity contribution in [3.63, 3.8) is 0 Å². The van der Waals surface area contributed by atoms with Crippen molar-refractivity contribution in [2.24, 2.45) is 0 Å². The highest BCUT2D eigenvalue weighted by Gasteiger charge is 2.12. The fourth-order valence-electron chi connectivity index (χ4n) is 3.09. The highest BCUT2D eigenvalue weighted by Crippen LogP contribution is 2.19. The SMILES string of the molecule is O=C(CCc1nc(-c2ccc(Cl)cc2)no1)NCCN1CCCCCC1. The molecule has 1 saturated heterocycles. The van der Waals surface area contributed by atoms with Gasteiger partial charge in [0.1, 0.15) is 0 Å². The molecule has 2 aromatic rings. The molecule has 1 fully saturated rings. The number of hydrogen-bond donors (Lipinski definition) is 1. The molecule has 1 aliphatic rings. The molecule has 7 heteroatoms. The van der Waals surface area contributed by atoms with Gasteiger partial charge in [-0.25, -0.2) is 0 Å². The van der Waals surface area contributed by atoms with Gasteiger partial charge in [0.05, 0.1) is 0 Å². The highest BCUT2D eigenvalue weighted by atomic mass is 35.5. The molecule has 2 heterocycles. The van der Waals surface area contributed by atoms with E-state index in [1.807, 2.05) is 12.1 Å². The average molecular weight is 377 g/mol. The number of nitrogens with one attached hydrogen (secondary N) is 1. The van der Waals surface area contributed by atoms with E-state index in [1.54, 1.807) is 12.1 Å². The predicted molar refractivity (Wildman–Crippen MR) is 101 cm³/mol. The van der Waals surface area contributed by atoms with Gasteiger partial charge in [0.2, 0.25) is 17.6 Å². The zero-order chi connectivity index (χ0) is 18.2. The topological polar surface area (TPSA) is 71.3 Å². The van der Waals surface area contributed by atoms with Crippen LogP contribution >= 0.6 is 11.6 Å². The number of aromatic nitrogens is 2. The third kappa shape index (κ3) is 5.81. The summed E-state index contributed by atoms with van der Waals surface area (Å²) in [5, 5.41) is 7.60. The Labute approximate surface area is 158 Å². The fourth-order valence-corrected chi connectivity index (χ4v) is 3.22. The first-order chi connectivity index (χ1) is 12.7. The summed E-state index contributed by atoms with van der Waals surface area (Å²) in [4.78, 5) is 18.8. The van der Waals surface area contributed by atoms with Crippen molar-refractivity contribution in [3.05, 3.63) is 35.2 Å². The smallest absolute Gasteiger partial charge is 0.227 e. The zero-order valence-electron chi connectivity index (χ0n) is 14.9. The molecule has 1 aliphatic heterocycles. The van der Waals surface area contributed by atoms with Crippen molar-refractivity contribution < 1.29 is 9.32 Å². The van der Waals surface area contributed by atoms with Crippen LogP contribution in [0.4, 0.5) is 0 Å². The minimum atomic E-state index is 0.0195. The largest absolute Gasteiger partial charge is 0.355 e. The van der Waals surface area contributed by atoms with Crippen LogP contribution in [0.15, 0.2) is 28.8 Å². The van der Waals surface area contributed by atoms with Gasteiger partial charge in [0.15, 0.2) is 0 Å². The van der Waals surface area contributed by atoms with Crippen molar-refractivity contribution in [2.45, 2.75) is 38.5 Å². The number of hydrogen-bond acceptors (Lipinski definition) is 5. The third-order valence-corrected chi connectivity index (χ3v) is 4.84. The monoisotopic (exact) mass is 376 g/mol. The average Bonchev–Trinajstić information content (AvgIpc) is 2.97. The van der Waals surface area contributed by atoms with E-state index < -0.39 is 0 Å². The minimum Gasteiger partial charge on any atom is -0.355 e. The molecule has 0 radical (unpaired) electrons. The lowest BCUT2D eigenvalue weighted by molar-refractivity contribution is -0.121. The zero-order valence-corrected chi connectivity index (χ0v) is 15.7. The summed E-state index contributed by atoms with van der Waals surface area (Å²) >= 11 is 5.88. The Bertz CT molecular complexity index is 694. The lowest BCUT2D eigenvalue weighted by Gasteiger charge is -2.19. The van der Waals surface area contributed by atoms with Crippen LogP contribution in [-0.4, -0.2) is 47.1 Å². The molecule has 26 heavy (non-hydrogen) atoms. The van der Waals surface area contributed by atoms with Gasteiger partial charge in [0.25, 0.3) is 0 Å². The van der Waals surface area contributed by atoms with Crippen LogP contribution in [0.1, 0.15) is 38.0 Å². The molecule has 6 nitrogen and oxygen atoms in total. The number of benzene rings is 1. The van der Waals surface area contributed by atoms with Crippen LogP contribution in [0.2, 0.25) is 5.02 Å². The van der Waals surface area contributed by atoms with Crippen molar-refractivity contribution in [1.29, 1.82) is 0 Å². The van der Waals surface area contributed by atoms with Crippen LogP contribution in [0.5, 0.6) is 0 Å². The van der Waals surface area contributed by atoms with E-state index in [4.69, 9.17) is 16.1 Å². The van der Waals surface area contributed by atoms with Gasteiger partial charge >= 0.3 is 0 Å². The Morgan fingerprint density at radius 1 is 1.15 bits per heavy atom. The van der Waals surface area contributed by atoms with Crippen molar-refractivity contribution >= 4 is 17.5 Å². The summed E-state index contributed by atoms with van der Waals surface area (Å²) in [5.74, 6) is 1.00. The molecule has 1 aromatic heterocycles. The second kappa shape index (κ2) is 9.69. The second-order valence-corrected chi connectivity index (χ2v) is 7.06. The first kappa shape index (κ1) is 18.9. The molecule has 1 aromatic carbocycles. The quantitative estimate of drug-likeness (QED) is 0.802. The number of nitrogens with zero attached hydrogens (tertiary/aromatic N) is 3. The molecular formula is C19H25ClN4O2. The second-order valence-electron chi connectivity index (χ2n) is 6.62. The summed E-state index contributed by atoms with van der Waals surface area (Å²) in [6, 6.07) is 7.24. The molecule has 0 atom stereocenters. The summed E-state index contributed by atoms with van der Waals surface area (Å²) in [5.41, 5.74) is 0.839. The molecule has 0 bridgehead atoms. The first-order valence-corrected chi connectivity index (χ1v) is 9.66. The van der Waals surface area contributed by atoms with Gasteiger partial charge in [0, 0.05) is 36.5 Å². The van der Waals surface area contributed by atoms with Crippen LogP contribution in [0.25, 0.3) is 11.4 Å². The maximum atomic E-state index is 12.0. The summed E-state index contributed by atoms with van der Waals surface area (Å²) in [7, 11) is 0. The summed E-state index contributed by atoms with van der Waals surface area (Å²) in [6.07, 6.45) is 5.97. The van der Waals surface area contributed by atoms with Crippen LogP contribution < -0.4 is 5.32 Å². The number of rotatable bonds is 7. The molecule has 0 spiro atoms. The summed E-state index contributed by atoms with van der Waals surface area (Å²) < 4.78 is 5.23. The van der Waals surface area contributed by atoms with Gasteiger partial charge in [-0.05, 0) is 50.2 Å². The summed E-state index contributed by atoms with van der Waals surface area (Å²) in [6.45, 7) is 3.91. The lowest BCUT2D eigenvalue weighted by atomic mass is 10.2. The van der Waals surface area contributed by atoms with E-state index in [1.165, 1.54) is 25.7 Å². The van der Waals surface area contributed by atoms with Gasteiger partial charge in [-0.2, -0.15) is 4.98 Å². The number of carbonyl (C=O) groups is 1. The Kier molecular flexibility index (Phi) is 7.03. The normalized spacial score (nSPS) is 15.6. The molecule has 140 valence electrons. The van der Waals surface area contributed by atoms with E-state index in [0.717, 1.165) is 25.2 Å². The Morgan fingerprint density at radius 3 is 2.62 bits per heavy atom. The molecule has 1 N–H and O–H groups in total. The Morgan fingerprint density at radius 2 is 1.88 bits per heavy atom. The van der Waals surface area contributed by atoms with Crippen LogP contribution in [-0.2, 0) is 11.2 Å². The van der Waals surface area contributed by atoms with Crippen molar-refractivity contribution in [2.75, 3.05) is 26.2 Å². The van der Waals surface area contributed by atoms with E-state index in [2.05, 4.69) is 20.4 Å². The molecule has 3 rings (SSSR count). The van der Waals surface area contributed by atoms with E-state index in [9.17, 15) is 4.79 Å². The number of aryl methyl sites for hydroxylation is 1. The van der Waals surface area contributed by atoms with Gasteiger partial charge in [-0.3, -0.25) is 4.79 Å². The molecule has 1 amide bonds. The standard InChI is InChI=1S/C19H25ClN4O2/c20-16-7-5-15(6-8-16)19-22-18(26-23-19)10-9-17(25)21-11-14-24-12-3-1-2-4-13-24/h5-8H,1-4,9-14H2,(H,21,25). The predicted octanol–water partition coefficient (Wildman–Crippen LogP) is 3.31. The molecule has 0 saturated carbocycles. The van der Waals surface area contributed by atoms with Gasteiger partial charge < -0.3 is 14.7 Å². The van der Waals surface area contributed by atoms with Crippen molar-refractivity contribution in [1.82, 2.24) is 20.4 Å². The third-order valence-electron chi connectivity index (χ3n) is 4.59. The number of amides is 1. The number of carbonyl (C=O) groups excluding carboxylic acids is 1. The molecule has 0 aliphatic carbocycles. The first-order valence-electron chi connectivity index (χ1n) is 9.28. The maximum absolute atomic E-state index is 12.0.